The van der Waals surface area contributed by atoms with E-state index in [2.05, 4.69) is 29.4 Å². The zero-order valence-corrected chi connectivity index (χ0v) is 15.6. The number of carbonyl (C=O) groups excluding carboxylic acids is 2. The molecule has 0 atom stereocenters. The summed E-state index contributed by atoms with van der Waals surface area (Å²) in [6.07, 6.45) is 1.69. The van der Waals surface area contributed by atoms with Gasteiger partial charge in [0, 0.05) is 12.0 Å². The summed E-state index contributed by atoms with van der Waals surface area (Å²) in [4.78, 5) is 26.8. The number of rotatable bonds is 6. The van der Waals surface area contributed by atoms with Crippen molar-refractivity contribution in [3.05, 3.63) is 23.8 Å². The lowest BCUT2D eigenvalue weighted by molar-refractivity contribution is -0.128. The fourth-order valence-electron chi connectivity index (χ4n) is 3.10. The first kappa shape index (κ1) is 19.2. The van der Waals surface area contributed by atoms with Gasteiger partial charge in [0.15, 0.2) is 0 Å². The minimum absolute atomic E-state index is 0.00342. The van der Waals surface area contributed by atoms with Crippen molar-refractivity contribution in [2.75, 3.05) is 32.1 Å². The standard InChI is InChI=1S/C19H29N3O3/c1-13(2)22-9-7-15(8-10-22)19(24)20-12-18(23)21-16-11-14(3)5-6-17(16)25-4/h5-6,11,13,15H,7-10,12H2,1-4H3,(H,20,24)(H,21,23). The van der Waals surface area contributed by atoms with Crippen molar-refractivity contribution < 1.29 is 14.3 Å². The number of amides is 2. The highest BCUT2D eigenvalue weighted by Gasteiger charge is 2.26. The molecule has 0 spiro atoms. The van der Waals surface area contributed by atoms with Crippen molar-refractivity contribution in [3.8, 4) is 5.75 Å². The Balaban J connectivity index is 1.80. The molecule has 0 unspecified atom stereocenters. The first-order valence-electron chi connectivity index (χ1n) is 8.87. The Kier molecular flexibility index (Phi) is 6.82. The molecule has 25 heavy (non-hydrogen) atoms. The van der Waals surface area contributed by atoms with Crippen LogP contribution in [-0.4, -0.2) is 49.5 Å². The van der Waals surface area contributed by atoms with E-state index in [9.17, 15) is 9.59 Å². The van der Waals surface area contributed by atoms with E-state index in [1.165, 1.54) is 0 Å². The molecule has 1 aromatic rings. The van der Waals surface area contributed by atoms with Crippen molar-refractivity contribution in [2.45, 2.75) is 39.7 Å². The van der Waals surface area contributed by atoms with Crippen molar-refractivity contribution in [3.63, 3.8) is 0 Å². The summed E-state index contributed by atoms with van der Waals surface area (Å²) < 4.78 is 5.24. The number of ether oxygens (including phenoxy) is 1. The molecule has 1 heterocycles. The number of anilines is 1. The van der Waals surface area contributed by atoms with E-state index < -0.39 is 0 Å². The molecule has 1 aromatic carbocycles. The van der Waals surface area contributed by atoms with E-state index in [1.807, 2.05) is 25.1 Å². The second-order valence-electron chi connectivity index (χ2n) is 6.87. The second-order valence-corrected chi connectivity index (χ2v) is 6.87. The Hall–Kier alpha value is -2.08. The minimum Gasteiger partial charge on any atom is -0.495 e. The predicted molar refractivity (Wildman–Crippen MR) is 98.8 cm³/mol. The number of hydrogen-bond donors (Lipinski definition) is 2. The molecule has 1 aliphatic rings. The topological polar surface area (TPSA) is 70.7 Å². The van der Waals surface area contributed by atoms with E-state index in [1.54, 1.807) is 7.11 Å². The number of aryl methyl sites for hydroxylation is 1. The Labute approximate surface area is 149 Å². The summed E-state index contributed by atoms with van der Waals surface area (Å²) in [6, 6.07) is 6.09. The quantitative estimate of drug-likeness (QED) is 0.827. The van der Waals surface area contributed by atoms with Gasteiger partial charge in [0.2, 0.25) is 11.8 Å². The molecule has 6 nitrogen and oxygen atoms in total. The summed E-state index contributed by atoms with van der Waals surface area (Å²) in [5.41, 5.74) is 1.64. The highest BCUT2D eigenvalue weighted by atomic mass is 16.5. The summed E-state index contributed by atoms with van der Waals surface area (Å²) >= 11 is 0. The third-order valence-corrected chi connectivity index (χ3v) is 4.68. The van der Waals surface area contributed by atoms with E-state index in [4.69, 9.17) is 4.74 Å². The van der Waals surface area contributed by atoms with Gasteiger partial charge in [0.05, 0.1) is 19.3 Å². The molecule has 6 heteroatoms. The van der Waals surface area contributed by atoms with Crippen LogP contribution in [0.25, 0.3) is 0 Å². The number of hydrogen-bond acceptors (Lipinski definition) is 4. The smallest absolute Gasteiger partial charge is 0.243 e. The molecule has 0 aliphatic carbocycles. The van der Waals surface area contributed by atoms with Gasteiger partial charge >= 0.3 is 0 Å². The van der Waals surface area contributed by atoms with Gasteiger partial charge in [-0.3, -0.25) is 9.59 Å². The van der Waals surface area contributed by atoms with Crippen LogP contribution in [0.2, 0.25) is 0 Å². The number of benzene rings is 1. The number of nitrogens with one attached hydrogen (secondary N) is 2. The van der Waals surface area contributed by atoms with Gasteiger partial charge in [0.1, 0.15) is 5.75 Å². The van der Waals surface area contributed by atoms with Crippen molar-refractivity contribution in [1.82, 2.24) is 10.2 Å². The number of nitrogens with zero attached hydrogens (tertiary/aromatic N) is 1. The lowest BCUT2D eigenvalue weighted by Crippen LogP contribution is -2.44. The lowest BCUT2D eigenvalue weighted by atomic mass is 9.95. The van der Waals surface area contributed by atoms with Gasteiger partial charge in [0.25, 0.3) is 0 Å². The van der Waals surface area contributed by atoms with Crippen LogP contribution in [-0.2, 0) is 9.59 Å². The maximum atomic E-state index is 12.3. The van der Waals surface area contributed by atoms with Gasteiger partial charge in [-0.25, -0.2) is 0 Å². The molecule has 1 fully saturated rings. The maximum absolute atomic E-state index is 12.3. The Bertz CT molecular complexity index is 608. The molecule has 2 N–H and O–H groups in total. The average molecular weight is 347 g/mol. The average Bonchev–Trinajstić information content (AvgIpc) is 2.60. The second kappa shape index (κ2) is 8.85. The van der Waals surface area contributed by atoms with Crippen LogP contribution in [0, 0.1) is 12.8 Å². The molecule has 0 saturated carbocycles. The van der Waals surface area contributed by atoms with Gasteiger partial charge in [-0.05, 0) is 64.4 Å². The zero-order valence-electron chi connectivity index (χ0n) is 15.6. The van der Waals surface area contributed by atoms with Crippen LogP contribution in [0.5, 0.6) is 5.75 Å². The van der Waals surface area contributed by atoms with Gasteiger partial charge in [-0.1, -0.05) is 6.07 Å². The summed E-state index contributed by atoms with van der Waals surface area (Å²) in [7, 11) is 1.56. The molecule has 0 radical (unpaired) electrons. The van der Waals surface area contributed by atoms with Crippen molar-refractivity contribution in [1.29, 1.82) is 0 Å². The lowest BCUT2D eigenvalue weighted by Gasteiger charge is -2.33. The van der Waals surface area contributed by atoms with E-state index in [0.29, 0.717) is 17.5 Å². The van der Waals surface area contributed by atoms with Crippen LogP contribution in [0.1, 0.15) is 32.3 Å². The first-order chi connectivity index (χ1) is 11.9. The van der Waals surface area contributed by atoms with Gasteiger partial charge < -0.3 is 20.3 Å². The molecular formula is C19H29N3O3. The normalized spacial score (nSPS) is 15.9. The number of carbonyl (C=O) groups is 2. The molecule has 2 rings (SSSR count). The molecule has 1 aliphatic heterocycles. The summed E-state index contributed by atoms with van der Waals surface area (Å²) in [6.45, 7) is 8.13. The molecule has 0 aromatic heterocycles. The predicted octanol–water partition coefficient (Wildman–Crippen LogP) is 2.18. The monoisotopic (exact) mass is 347 g/mol. The third kappa shape index (κ3) is 5.46. The Morgan fingerprint density at radius 1 is 1.28 bits per heavy atom. The summed E-state index contributed by atoms with van der Waals surface area (Å²) in [5, 5.41) is 5.55. The van der Waals surface area contributed by atoms with Crippen molar-refractivity contribution >= 4 is 17.5 Å². The van der Waals surface area contributed by atoms with E-state index in [0.717, 1.165) is 31.5 Å². The fourth-order valence-corrected chi connectivity index (χ4v) is 3.10. The highest BCUT2D eigenvalue weighted by Crippen LogP contribution is 2.25. The molecule has 2 amide bonds. The Morgan fingerprint density at radius 2 is 1.96 bits per heavy atom. The number of piperidine rings is 1. The van der Waals surface area contributed by atoms with E-state index in [-0.39, 0.29) is 24.3 Å². The maximum Gasteiger partial charge on any atom is 0.243 e. The number of methoxy groups -OCH3 is 1. The van der Waals surface area contributed by atoms with Gasteiger partial charge in [-0.15, -0.1) is 0 Å². The van der Waals surface area contributed by atoms with Crippen LogP contribution in [0.3, 0.4) is 0 Å². The third-order valence-electron chi connectivity index (χ3n) is 4.68. The van der Waals surface area contributed by atoms with Crippen molar-refractivity contribution in [2.24, 2.45) is 5.92 Å². The molecule has 138 valence electrons. The first-order valence-corrected chi connectivity index (χ1v) is 8.87. The minimum atomic E-state index is -0.253. The number of likely N-dealkylation sites (tertiary alicyclic amines) is 1. The van der Waals surface area contributed by atoms with Crippen LogP contribution in [0.15, 0.2) is 18.2 Å². The molecular weight excluding hydrogens is 318 g/mol. The molecule has 1 saturated heterocycles. The zero-order chi connectivity index (χ0) is 18.4. The van der Waals surface area contributed by atoms with E-state index >= 15 is 0 Å². The fraction of sp³-hybridized carbons (Fsp3) is 0.579. The van der Waals surface area contributed by atoms with Crippen LogP contribution < -0.4 is 15.4 Å². The van der Waals surface area contributed by atoms with Crippen LogP contribution in [0.4, 0.5) is 5.69 Å². The largest absolute Gasteiger partial charge is 0.495 e. The summed E-state index contributed by atoms with van der Waals surface area (Å²) in [5.74, 6) is 0.314. The highest BCUT2D eigenvalue weighted by molar-refractivity contribution is 5.96. The Morgan fingerprint density at radius 3 is 2.56 bits per heavy atom. The van der Waals surface area contributed by atoms with Crippen LogP contribution >= 0.6 is 0 Å². The SMILES string of the molecule is COc1ccc(C)cc1NC(=O)CNC(=O)C1CCN(C(C)C)CC1. The van der Waals surface area contributed by atoms with Gasteiger partial charge in [-0.2, -0.15) is 0 Å². The molecule has 0 bridgehead atoms.